The fourth-order valence-electron chi connectivity index (χ4n) is 3.90. The van der Waals surface area contributed by atoms with E-state index in [9.17, 15) is 14.4 Å². The van der Waals surface area contributed by atoms with Gasteiger partial charge >= 0.3 is 0 Å². The van der Waals surface area contributed by atoms with Crippen molar-refractivity contribution in [3.05, 3.63) is 22.4 Å². The average molecular weight is 391 g/mol. The molecule has 1 aromatic heterocycles. The number of amides is 3. The Kier molecular flexibility index (Phi) is 5.19. The molecule has 8 heteroatoms. The molecule has 0 bridgehead atoms. The second-order valence-corrected chi connectivity index (χ2v) is 8.62. The molecule has 0 spiro atoms. The highest BCUT2D eigenvalue weighted by Crippen LogP contribution is 2.39. The van der Waals surface area contributed by atoms with Gasteiger partial charge in [-0.2, -0.15) is 0 Å². The molecule has 146 valence electrons. The summed E-state index contributed by atoms with van der Waals surface area (Å²) in [6, 6.07) is 3.27. The van der Waals surface area contributed by atoms with Gasteiger partial charge in [-0.25, -0.2) is 0 Å². The summed E-state index contributed by atoms with van der Waals surface area (Å²) in [7, 11) is 0. The zero-order valence-electron chi connectivity index (χ0n) is 15.3. The lowest BCUT2D eigenvalue weighted by Gasteiger charge is -2.29. The van der Waals surface area contributed by atoms with Crippen molar-refractivity contribution < 1.29 is 14.4 Å². The summed E-state index contributed by atoms with van der Waals surface area (Å²) in [5.41, 5.74) is 5.50. The number of carbonyl (C=O) groups excluding carboxylic acids is 3. The summed E-state index contributed by atoms with van der Waals surface area (Å²) in [5.74, 6) is 0.0590. The smallest absolute Gasteiger partial charge is 0.264 e. The number of nitrogens with zero attached hydrogens (tertiary/aromatic N) is 2. The van der Waals surface area contributed by atoms with Gasteiger partial charge in [0, 0.05) is 31.6 Å². The number of carbonyl (C=O) groups is 3. The van der Waals surface area contributed by atoms with Crippen LogP contribution in [0.3, 0.4) is 0 Å². The molecule has 3 N–H and O–H groups in total. The van der Waals surface area contributed by atoms with Gasteiger partial charge in [-0.05, 0) is 43.6 Å². The van der Waals surface area contributed by atoms with Gasteiger partial charge in [0.05, 0.1) is 10.9 Å². The summed E-state index contributed by atoms with van der Waals surface area (Å²) >= 11 is 1.38. The van der Waals surface area contributed by atoms with E-state index in [1.807, 2.05) is 16.3 Å². The Labute approximate surface area is 162 Å². The van der Waals surface area contributed by atoms with Crippen LogP contribution >= 0.6 is 11.3 Å². The Morgan fingerprint density at radius 3 is 2.59 bits per heavy atom. The van der Waals surface area contributed by atoms with Crippen LogP contribution in [0.25, 0.3) is 0 Å². The molecule has 0 aromatic carbocycles. The maximum absolute atomic E-state index is 13.0. The zero-order chi connectivity index (χ0) is 19.0. The van der Waals surface area contributed by atoms with Gasteiger partial charge in [0.25, 0.3) is 5.91 Å². The van der Waals surface area contributed by atoms with Crippen LogP contribution in [0.2, 0.25) is 0 Å². The lowest BCUT2D eigenvalue weighted by Crippen LogP contribution is -2.47. The molecule has 3 amide bonds. The maximum atomic E-state index is 13.0. The van der Waals surface area contributed by atoms with Crippen LogP contribution in [0, 0.1) is 5.92 Å². The van der Waals surface area contributed by atoms with Crippen molar-refractivity contribution >= 4 is 29.1 Å². The predicted octanol–water partition coefficient (Wildman–Crippen LogP) is 0.807. The van der Waals surface area contributed by atoms with Crippen LogP contribution in [-0.2, 0) is 9.59 Å². The standard InChI is InChI=1S/C19H26N4O3S/c20-7-8-21-17(24)15-10-14(11-22(15)19(26)16-2-1-9-27-16)23(13-5-6-13)18(25)12-3-4-12/h1-2,9,12-15H,3-8,10-11,20H2,(H,21,24). The van der Waals surface area contributed by atoms with E-state index in [0.717, 1.165) is 25.7 Å². The fraction of sp³-hybridized carbons (Fsp3) is 0.632. The number of nitrogens with two attached hydrogens (primary N) is 1. The Morgan fingerprint density at radius 2 is 2.00 bits per heavy atom. The Morgan fingerprint density at radius 1 is 1.22 bits per heavy atom. The first-order valence-electron chi connectivity index (χ1n) is 9.74. The van der Waals surface area contributed by atoms with E-state index in [-0.39, 0.29) is 35.7 Å². The van der Waals surface area contributed by atoms with Crippen molar-refractivity contribution in [3.8, 4) is 0 Å². The summed E-state index contributed by atoms with van der Waals surface area (Å²) in [6.45, 7) is 1.16. The van der Waals surface area contributed by atoms with Crippen LogP contribution < -0.4 is 11.1 Å². The molecule has 4 rings (SSSR count). The number of hydrogen-bond acceptors (Lipinski definition) is 5. The lowest BCUT2D eigenvalue weighted by atomic mass is 10.1. The number of nitrogens with one attached hydrogen (secondary N) is 1. The molecule has 2 unspecified atom stereocenters. The summed E-state index contributed by atoms with van der Waals surface area (Å²) in [6.07, 6.45) is 4.48. The molecule has 1 aromatic rings. The quantitative estimate of drug-likeness (QED) is 0.720. The number of thiophene rings is 1. The fourth-order valence-corrected chi connectivity index (χ4v) is 4.57. The second kappa shape index (κ2) is 7.59. The first-order valence-corrected chi connectivity index (χ1v) is 10.6. The molecule has 7 nitrogen and oxygen atoms in total. The second-order valence-electron chi connectivity index (χ2n) is 7.67. The molecule has 2 saturated carbocycles. The van der Waals surface area contributed by atoms with Gasteiger partial charge in [-0.1, -0.05) is 6.07 Å². The highest BCUT2D eigenvalue weighted by Gasteiger charge is 2.49. The van der Waals surface area contributed by atoms with E-state index in [2.05, 4.69) is 5.32 Å². The van der Waals surface area contributed by atoms with E-state index >= 15 is 0 Å². The minimum absolute atomic E-state index is 0.0804. The molecule has 2 aliphatic carbocycles. The SMILES string of the molecule is NCCNC(=O)C1CC(N(C(=O)C2CC2)C2CC2)CN1C(=O)c1cccs1. The lowest BCUT2D eigenvalue weighted by molar-refractivity contribution is -0.135. The van der Waals surface area contributed by atoms with Gasteiger partial charge < -0.3 is 20.9 Å². The molecular formula is C19H26N4O3S. The average Bonchev–Trinajstić information content (AvgIpc) is 3.59. The molecule has 27 heavy (non-hydrogen) atoms. The van der Waals surface area contributed by atoms with E-state index in [1.165, 1.54) is 11.3 Å². The van der Waals surface area contributed by atoms with Crippen LogP contribution in [0.1, 0.15) is 41.8 Å². The molecule has 0 radical (unpaired) electrons. The molecule has 2 heterocycles. The highest BCUT2D eigenvalue weighted by atomic mass is 32.1. The van der Waals surface area contributed by atoms with Gasteiger partial charge in [0.1, 0.15) is 6.04 Å². The van der Waals surface area contributed by atoms with Crippen LogP contribution in [0.15, 0.2) is 17.5 Å². The molecule has 1 aliphatic heterocycles. The highest BCUT2D eigenvalue weighted by molar-refractivity contribution is 7.12. The van der Waals surface area contributed by atoms with Crippen LogP contribution in [0.4, 0.5) is 0 Å². The molecule has 2 atom stereocenters. The monoisotopic (exact) mass is 390 g/mol. The Hall–Kier alpha value is -1.93. The third-order valence-electron chi connectivity index (χ3n) is 5.53. The number of hydrogen-bond donors (Lipinski definition) is 2. The largest absolute Gasteiger partial charge is 0.353 e. The summed E-state index contributed by atoms with van der Waals surface area (Å²) in [4.78, 5) is 42.8. The maximum Gasteiger partial charge on any atom is 0.264 e. The normalized spacial score (nSPS) is 24.7. The molecular weight excluding hydrogens is 364 g/mol. The third kappa shape index (κ3) is 3.87. The molecule has 1 saturated heterocycles. The summed E-state index contributed by atoms with van der Waals surface area (Å²) < 4.78 is 0. The zero-order valence-corrected chi connectivity index (χ0v) is 16.1. The van der Waals surface area contributed by atoms with Gasteiger partial charge in [-0.15, -0.1) is 11.3 Å². The van der Waals surface area contributed by atoms with Gasteiger partial charge in [0.2, 0.25) is 11.8 Å². The van der Waals surface area contributed by atoms with Crippen molar-refractivity contribution in [2.75, 3.05) is 19.6 Å². The van der Waals surface area contributed by atoms with E-state index in [4.69, 9.17) is 5.73 Å². The summed E-state index contributed by atoms with van der Waals surface area (Å²) in [5, 5.41) is 4.67. The van der Waals surface area contributed by atoms with Crippen LogP contribution in [0.5, 0.6) is 0 Å². The minimum Gasteiger partial charge on any atom is -0.353 e. The first kappa shape index (κ1) is 18.4. The molecule has 3 fully saturated rings. The van der Waals surface area contributed by atoms with Crippen molar-refractivity contribution in [2.24, 2.45) is 11.7 Å². The van der Waals surface area contributed by atoms with Crippen LogP contribution in [-0.4, -0.2) is 65.3 Å². The minimum atomic E-state index is -0.551. The number of rotatable bonds is 7. The first-order chi connectivity index (χ1) is 13.1. The van der Waals surface area contributed by atoms with Crippen molar-refractivity contribution in [3.63, 3.8) is 0 Å². The van der Waals surface area contributed by atoms with E-state index < -0.39 is 6.04 Å². The van der Waals surface area contributed by atoms with Crippen molar-refractivity contribution in [2.45, 2.75) is 50.2 Å². The Bertz CT molecular complexity index is 715. The number of likely N-dealkylation sites (tertiary alicyclic amines) is 1. The van der Waals surface area contributed by atoms with Gasteiger partial charge in [-0.3, -0.25) is 14.4 Å². The van der Waals surface area contributed by atoms with Crippen molar-refractivity contribution in [1.82, 2.24) is 15.1 Å². The van der Waals surface area contributed by atoms with E-state index in [1.54, 1.807) is 11.0 Å². The van der Waals surface area contributed by atoms with E-state index in [0.29, 0.717) is 30.9 Å². The molecule has 3 aliphatic rings. The van der Waals surface area contributed by atoms with Crippen molar-refractivity contribution in [1.29, 1.82) is 0 Å². The third-order valence-corrected chi connectivity index (χ3v) is 6.39. The Balaban J connectivity index is 1.55. The predicted molar refractivity (Wildman–Crippen MR) is 102 cm³/mol. The van der Waals surface area contributed by atoms with Gasteiger partial charge in [0.15, 0.2) is 0 Å². The topological polar surface area (TPSA) is 95.7 Å².